The number of nitrogens with zero attached hydrogens (tertiary/aromatic N) is 1. The molecule has 5 heteroatoms. The summed E-state index contributed by atoms with van der Waals surface area (Å²) in [5.41, 5.74) is 0.426. The van der Waals surface area contributed by atoms with Gasteiger partial charge in [-0.3, -0.25) is 9.59 Å². The number of carbonyl (C=O) groups excluding carboxylic acids is 2. The molecule has 1 aliphatic heterocycles. The van der Waals surface area contributed by atoms with E-state index in [1.807, 2.05) is 0 Å². The van der Waals surface area contributed by atoms with Crippen LogP contribution in [0.1, 0.15) is 20.7 Å². The number of phenolic OH excluding ortho intramolecular Hbond substituents is 2. The van der Waals surface area contributed by atoms with Crippen molar-refractivity contribution in [2.24, 2.45) is 0 Å². The maximum Gasteiger partial charge on any atom is 0.269 e. The molecular weight excluding hydrogens is 246 g/mol. The molecule has 2 aromatic rings. The Kier molecular flexibility index (Phi) is 2.28. The molecule has 0 spiro atoms. The molecule has 1 heterocycles. The number of rotatable bonds is 1. The molecule has 19 heavy (non-hydrogen) atoms. The van der Waals surface area contributed by atoms with Gasteiger partial charge in [0.2, 0.25) is 0 Å². The Morgan fingerprint density at radius 3 is 2.32 bits per heavy atom. The van der Waals surface area contributed by atoms with Gasteiger partial charge in [-0.05, 0) is 24.3 Å². The van der Waals surface area contributed by atoms with E-state index < -0.39 is 11.8 Å². The molecule has 0 aromatic heterocycles. The highest BCUT2D eigenvalue weighted by molar-refractivity contribution is 6.35. The molecule has 3 rings (SSSR count). The lowest BCUT2D eigenvalue weighted by Crippen LogP contribution is -2.29. The van der Waals surface area contributed by atoms with Crippen LogP contribution in [0.4, 0.5) is 5.69 Å². The van der Waals surface area contributed by atoms with Crippen LogP contribution in [0.15, 0.2) is 42.5 Å². The Hall–Kier alpha value is -2.82. The molecule has 0 fully saturated rings. The smallest absolute Gasteiger partial charge is 0.269 e. The van der Waals surface area contributed by atoms with Crippen LogP contribution in [0.2, 0.25) is 0 Å². The zero-order valence-corrected chi connectivity index (χ0v) is 9.70. The predicted molar refractivity (Wildman–Crippen MR) is 67.4 cm³/mol. The Morgan fingerprint density at radius 2 is 1.63 bits per heavy atom. The number of fused-ring (bicyclic) bond motifs is 1. The Balaban J connectivity index is 2.16. The second-order valence-corrected chi connectivity index (χ2v) is 4.17. The van der Waals surface area contributed by atoms with Gasteiger partial charge in [-0.25, -0.2) is 4.90 Å². The van der Waals surface area contributed by atoms with E-state index in [0.717, 1.165) is 4.90 Å². The number of anilines is 1. The van der Waals surface area contributed by atoms with E-state index in [0.29, 0.717) is 0 Å². The highest BCUT2D eigenvalue weighted by atomic mass is 16.3. The van der Waals surface area contributed by atoms with Crippen molar-refractivity contribution in [3.63, 3.8) is 0 Å². The number of amides is 2. The van der Waals surface area contributed by atoms with Gasteiger partial charge in [-0.2, -0.15) is 0 Å². The van der Waals surface area contributed by atoms with Crippen LogP contribution in [0, 0.1) is 0 Å². The Bertz CT molecular complexity index is 708. The predicted octanol–water partition coefficient (Wildman–Crippen LogP) is 1.90. The van der Waals surface area contributed by atoms with E-state index in [-0.39, 0.29) is 28.3 Å². The monoisotopic (exact) mass is 255 g/mol. The van der Waals surface area contributed by atoms with Gasteiger partial charge in [0.15, 0.2) is 0 Å². The first-order chi connectivity index (χ1) is 9.09. The van der Waals surface area contributed by atoms with Crippen LogP contribution in [-0.2, 0) is 0 Å². The van der Waals surface area contributed by atoms with Crippen molar-refractivity contribution < 1.29 is 19.8 Å². The molecule has 0 radical (unpaired) electrons. The van der Waals surface area contributed by atoms with E-state index in [1.165, 1.54) is 36.4 Å². The zero-order valence-electron chi connectivity index (χ0n) is 9.70. The molecule has 2 aromatic carbocycles. The molecule has 2 amide bonds. The van der Waals surface area contributed by atoms with E-state index in [4.69, 9.17) is 0 Å². The summed E-state index contributed by atoms with van der Waals surface area (Å²) >= 11 is 0. The minimum absolute atomic E-state index is 0.00385. The SMILES string of the molecule is O=C1c2cccc(O)c2C(=O)N1c1cccc(O)c1. The van der Waals surface area contributed by atoms with Crippen molar-refractivity contribution in [1.82, 2.24) is 0 Å². The first kappa shape index (κ1) is 11.3. The lowest BCUT2D eigenvalue weighted by molar-refractivity contribution is 0.0925. The highest BCUT2D eigenvalue weighted by Gasteiger charge is 2.38. The third kappa shape index (κ3) is 1.55. The van der Waals surface area contributed by atoms with E-state index in [2.05, 4.69) is 0 Å². The van der Waals surface area contributed by atoms with Gasteiger partial charge in [-0.1, -0.05) is 12.1 Å². The maximum atomic E-state index is 12.2. The summed E-state index contributed by atoms with van der Waals surface area (Å²) in [6, 6.07) is 10.2. The zero-order chi connectivity index (χ0) is 13.6. The number of aromatic hydroxyl groups is 2. The largest absolute Gasteiger partial charge is 0.508 e. The topological polar surface area (TPSA) is 77.8 Å². The average Bonchev–Trinajstić information content (AvgIpc) is 2.63. The number of imide groups is 1. The number of carbonyl (C=O) groups is 2. The van der Waals surface area contributed by atoms with Crippen LogP contribution >= 0.6 is 0 Å². The minimum Gasteiger partial charge on any atom is -0.508 e. The first-order valence-corrected chi connectivity index (χ1v) is 5.59. The normalized spacial score (nSPS) is 13.8. The number of hydrogen-bond acceptors (Lipinski definition) is 4. The first-order valence-electron chi connectivity index (χ1n) is 5.59. The summed E-state index contributed by atoms with van der Waals surface area (Å²) in [6.07, 6.45) is 0. The van der Waals surface area contributed by atoms with Crippen LogP contribution < -0.4 is 4.90 Å². The minimum atomic E-state index is -0.594. The van der Waals surface area contributed by atoms with E-state index >= 15 is 0 Å². The van der Waals surface area contributed by atoms with Gasteiger partial charge in [0.1, 0.15) is 11.5 Å². The van der Waals surface area contributed by atoms with Gasteiger partial charge in [0.05, 0.1) is 16.8 Å². The molecule has 2 N–H and O–H groups in total. The molecule has 94 valence electrons. The third-order valence-electron chi connectivity index (χ3n) is 2.98. The standard InChI is InChI=1S/C14H9NO4/c16-9-4-1-3-8(7-9)15-13(18)10-5-2-6-11(17)12(10)14(15)19/h1-7,16-17H. The van der Waals surface area contributed by atoms with Crippen molar-refractivity contribution in [1.29, 1.82) is 0 Å². The lowest BCUT2D eigenvalue weighted by Gasteiger charge is -2.13. The van der Waals surface area contributed by atoms with Crippen molar-refractivity contribution in [2.75, 3.05) is 4.90 Å². The summed E-state index contributed by atoms with van der Waals surface area (Å²) in [5.74, 6) is -1.37. The molecule has 1 aliphatic rings. The van der Waals surface area contributed by atoms with E-state index in [1.54, 1.807) is 6.07 Å². The fourth-order valence-corrected chi connectivity index (χ4v) is 2.13. The van der Waals surface area contributed by atoms with Crippen molar-refractivity contribution in [3.8, 4) is 11.5 Å². The molecule has 0 saturated heterocycles. The molecule has 0 saturated carbocycles. The van der Waals surface area contributed by atoms with Crippen LogP contribution in [-0.4, -0.2) is 22.0 Å². The summed E-state index contributed by atoms with van der Waals surface area (Å²) in [5, 5.41) is 19.1. The van der Waals surface area contributed by atoms with Gasteiger partial charge < -0.3 is 10.2 Å². The fraction of sp³-hybridized carbons (Fsp3) is 0. The van der Waals surface area contributed by atoms with Gasteiger partial charge in [0, 0.05) is 6.07 Å². The van der Waals surface area contributed by atoms with Crippen LogP contribution in [0.3, 0.4) is 0 Å². The lowest BCUT2D eigenvalue weighted by atomic mass is 10.1. The second-order valence-electron chi connectivity index (χ2n) is 4.17. The molecule has 0 unspecified atom stereocenters. The fourth-order valence-electron chi connectivity index (χ4n) is 2.13. The number of benzene rings is 2. The molecule has 5 nitrogen and oxygen atoms in total. The Morgan fingerprint density at radius 1 is 0.895 bits per heavy atom. The van der Waals surface area contributed by atoms with Gasteiger partial charge in [-0.15, -0.1) is 0 Å². The van der Waals surface area contributed by atoms with Crippen LogP contribution in [0.25, 0.3) is 0 Å². The highest BCUT2D eigenvalue weighted by Crippen LogP contribution is 2.34. The third-order valence-corrected chi connectivity index (χ3v) is 2.98. The quantitative estimate of drug-likeness (QED) is 0.763. The maximum absolute atomic E-state index is 12.2. The van der Waals surface area contributed by atoms with E-state index in [9.17, 15) is 19.8 Å². The van der Waals surface area contributed by atoms with Crippen molar-refractivity contribution in [2.45, 2.75) is 0 Å². The number of hydrogen-bond donors (Lipinski definition) is 2. The molecule has 0 bridgehead atoms. The number of phenols is 2. The van der Waals surface area contributed by atoms with Crippen molar-refractivity contribution in [3.05, 3.63) is 53.6 Å². The summed E-state index contributed by atoms with van der Waals surface area (Å²) in [4.78, 5) is 25.3. The second kappa shape index (κ2) is 3.84. The molecule has 0 aliphatic carbocycles. The van der Waals surface area contributed by atoms with Crippen molar-refractivity contribution >= 4 is 17.5 Å². The molecular formula is C14H9NO4. The van der Waals surface area contributed by atoms with Crippen LogP contribution in [0.5, 0.6) is 11.5 Å². The van der Waals surface area contributed by atoms with Gasteiger partial charge in [0.25, 0.3) is 11.8 Å². The Labute approximate surface area is 108 Å². The summed E-state index contributed by atoms with van der Waals surface area (Å²) in [6.45, 7) is 0. The molecule has 0 atom stereocenters. The summed E-state index contributed by atoms with van der Waals surface area (Å²) in [7, 11) is 0. The summed E-state index contributed by atoms with van der Waals surface area (Å²) < 4.78 is 0. The average molecular weight is 255 g/mol. The van der Waals surface area contributed by atoms with Gasteiger partial charge >= 0.3 is 0 Å².